The zero-order chi connectivity index (χ0) is 18.0. The molecule has 1 atom stereocenters. The van der Waals surface area contributed by atoms with E-state index >= 15 is 0 Å². The molecule has 134 valence electrons. The van der Waals surface area contributed by atoms with Crippen molar-refractivity contribution in [2.24, 2.45) is 0 Å². The molecular formula is C17H22N4O4. The summed E-state index contributed by atoms with van der Waals surface area (Å²) in [7, 11) is 1.57. The fourth-order valence-electron chi connectivity index (χ4n) is 2.92. The van der Waals surface area contributed by atoms with Gasteiger partial charge in [0.15, 0.2) is 5.69 Å². The van der Waals surface area contributed by atoms with E-state index in [1.165, 1.54) is 0 Å². The lowest BCUT2D eigenvalue weighted by Gasteiger charge is -2.32. The Bertz CT molecular complexity index is 754. The van der Waals surface area contributed by atoms with Crippen LogP contribution in [0.15, 0.2) is 16.7 Å². The summed E-state index contributed by atoms with van der Waals surface area (Å²) in [6, 6.07) is 3.58. The zero-order valence-electron chi connectivity index (χ0n) is 14.6. The van der Waals surface area contributed by atoms with Crippen molar-refractivity contribution in [1.29, 1.82) is 0 Å². The second-order valence-corrected chi connectivity index (χ2v) is 6.08. The summed E-state index contributed by atoms with van der Waals surface area (Å²) < 4.78 is 16.1. The number of hydrogen-bond acceptors (Lipinski definition) is 7. The maximum absolute atomic E-state index is 12.9. The van der Waals surface area contributed by atoms with Crippen molar-refractivity contribution < 1.29 is 18.8 Å². The Balaban J connectivity index is 1.80. The zero-order valence-corrected chi connectivity index (χ0v) is 14.6. The fraction of sp³-hybridized carbons (Fsp3) is 0.471. The van der Waals surface area contributed by atoms with E-state index in [2.05, 4.69) is 10.1 Å². The first-order valence-electron chi connectivity index (χ1n) is 8.08. The predicted octanol–water partition coefficient (Wildman–Crippen LogP) is 1.63. The van der Waals surface area contributed by atoms with Gasteiger partial charge in [0.05, 0.1) is 31.0 Å². The number of morpholine rings is 1. The molecular weight excluding hydrogens is 324 g/mol. The SMILES string of the molecule is COCc1c(C(=O)N2CCO[C@H](c3cc(N)cc(C)n3)C2)noc1C. The summed E-state index contributed by atoms with van der Waals surface area (Å²) in [6.45, 7) is 5.20. The molecule has 1 aliphatic heterocycles. The molecule has 8 heteroatoms. The van der Waals surface area contributed by atoms with Gasteiger partial charge in [0.1, 0.15) is 11.9 Å². The minimum Gasteiger partial charge on any atom is -0.399 e. The van der Waals surface area contributed by atoms with Crippen LogP contribution in [0.5, 0.6) is 0 Å². The number of rotatable bonds is 4. The molecule has 3 rings (SSSR count). The van der Waals surface area contributed by atoms with Crippen LogP contribution in [-0.2, 0) is 16.1 Å². The Morgan fingerprint density at radius 1 is 1.44 bits per heavy atom. The molecule has 0 unspecified atom stereocenters. The molecule has 0 aromatic carbocycles. The largest absolute Gasteiger partial charge is 0.399 e. The van der Waals surface area contributed by atoms with Crippen LogP contribution in [0.25, 0.3) is 0 Å². The fourth-order valence-corrected chi connectivity index (χ4v) is 2.92. The molecule has 25 heavy (non-hydrogen) atoms. The lowest BCUT2D eigenvalue weighted by Crippen LogP contribution is -2.43. The standard InChI is InChI=1S/C17H22N4O4/c1-10-6-12(18)7-14(19-10)15-8-21(4-5-24-15)17(22)16-13(9-23-3)11(2)25-20-16/h6-7,15H,4-5,8-9H2,1-3H3,(H2,18,19)/t15-/m0/s1. The van der Waals surface area contributed by atoms with Crippen LogP contribution in [0, 0.1) is 13.8 Å². The molecule has 1 amide bonds. The summed E-state index contributed by atoms with van der Waals surface area (Å²) in [6.07, 6.45) is -0.321. The molecule has 0 aliphatic carbocycles. The Hall–Kier alpha value is -2.45. The quantitative estimate of drug-likeness (QED) is 0.897. The van der Waals surface area contributed by atoms with Crippen molar-refractivity contribution >= 4 is 11.6 Å². The number of ether oxygens (including phenoxy) is 2. The summed E-state index contributed by atoms with van der Waals surface area (Å²) in [5.74, 6) is 0.390. The van der Waals surface area contributed by atoms with Crippen LogP contribution in [0.3, 0.4) is 0 Å². The maximum Gasteiger partial charge on any atom is 0.276 e. The summed E-state index contributed by atoms with van der Waals surface area (Å²) in [4.78, 5) is 19.0. The van der Waals surface area contributed by atoms with E-state index in [0.29, 0.717) is 36.7 Å². The number of carbonyl (C=O) groups is 1. The van der Waals surface area contributed by atoms with Crippen molar-refractivity contribution in [2.45, 2.75) is 26.6 Å². The average molecular weight is 346 g/mol. The van der Waals surface area contributed by atoms with Gasteiger partial charge in [-0.05, 0) is 26.0 Å². The number of hydrogen-bond donors (Lipinski definition) is 1. The normalized spacial score (nSPS) is 17.7. The molecule has 0 radical (unpaired) electrons. The number of aryl methyl sites for hydroxylation is 2. The Morgan fingerprint density at radius 2 is 2.24 bits per heavy atom. The number of aromatic nitrogens is 2. The van der Waals surface area contributed by atoms with Gasteiger partial charge < -0.3 is 24.6 Å². The molecule has 0 saturated carbocycles. The minimum atomic E-state index is -0.321. The highest BCUT2D eigenvalue weighted by molar-refractivity contribution is 5.93. The number of nitrogens with zero attached hydrogens (tertiary/aromatic N) is 3. The Labute approximate surface area is 145 Å². The van der Waals surface area contributed by atoms with Crippen molar-refractivity contribution in [3.05, 3.63) is 40.5 Å². The summed E-state index contributed by atoms with van der Waals surface area (Å²) >= 11 is 0. The first kappa shape index (κ1) is 17.4. The van der Waals surface area contributed by atoms with E-state index in [4.69, 9.17) is 19.7 Å². The molecule has 3 heterocycles. The number of anilines is 1. The van der Waals surface area contributed by atoms with Crippen LogP contribution in [0.2, 0.25) is 0 Å². The van der Waals surface area contributed by atoms with E-state index in [1.807, 2.05) is 6.92 Å². The van der Waals surface area contributed by atoms with Crippen molar-refractivity contribution in [2.75, 3.05) is 32.5 Å². The van der Waals surface area contributed by atoms with Crippen LogP contribution in [0.1, 0.15) is 39.3 Å². The highest BCUT2D eigenvalue weighted by Crippen LogP contribution is 2.25. The van der Waals surface area contributed by atoms with Gasteiger partial charge in [0, 0.05) is 25.0 Å². The maximum atomic E-state index is 12.9. The van der Waals surface area contributed by atoms with E-state index in [1.54, 1.807) is 31.1 Å². The Morgan fingerprint density at radius 3 is 2.96 bits per heavy atom. The average Bonchev–Trinajstić information content (AvgIpc) is 2.95. The van der Waals surface area contributed by atoms with Crippen molar-refractivity contribution in [3.63, 3.8) is 0 Å². The van der Waals surface area contributed by atoms with E-state index < -0.39 is 0 Å². The number of pyridine rings is 1. The van der Waals surface area contributed by atoms with Gasteiger partial charge >= 0.3 is 0 Å². The van der Waals surface area contributed by atoms with Gasteiger partial charge in [0.25, 0.3) is 5.91 Å². The molecule has 1 saturated heterocycles. The minimum absolute atomic E-state index is 0.196. The summed E-state index contributed by atoms with van der Waals surface area (Å²) in [5, 5.41) is 3.91. The molecule has 2 aromatic rings. The lowest BCUT2D eigenvalue weighted by atomic mass is 10.1. The van der Waals surface area contributed by atoms with Gasteiger partial charge in [-0.1, -0.05) is 5.16 Å². The molecule has 8 nitrogen and oxygen atoms in total. The lowest BCUT2D eigenvalue weighted by molar-refractivity contribution is -0.0251. The second-order valence-electron chi connectivity index (χ2n) is 6.08. The van der Waals surface area contributed by atoms with Crippen molar-refractivity contribution in [1.82, 2.24) is 15.0 Å². The van der Waals surface area contributed by atoms with Crippen LogP contribution in [-0.4, -0.2) is 47.8 Å². The smallest absolute Gasteiger partial charge is 0.276 e. The van der Waals surface area contributed by atoms with Crippen LogP contribution in [0.4, 0.5) is 5.69 Å². The summed E-state index contributed by atoms with van der Waals surface area (Å²) in [5.41, 5.74) is 9.03. The number of nitrogens with two attached hydrogens (primary N) is 1. The predicted molar refractivity (Wildman–Crippen MR) is 89.9 cm³/mol. The molecule has 2 N–H and O–H groups in total. The highest BCUT2D eigenvalue weighted by Gasteiger charge is 2.30. The number of nitrogen functional groups attached to an aromatic ring is 1. The van der Waals surface area contributed by atoms with Crippen molar-refractivity contribution in [3.8, 4) is 0 Å². The first-order valence-corrected chi connectivity index (χ1v) is 8.08. The monoisotopic (exact) mass is 346 g/mol. The van der Waals surface area contributed by atoms with Gasteiger partial charge in [-0.15, -0.1) is 0 Å². The van der Waals surface area contributed by atoms with Gasteiger partial charge in [0.2, 0.25) is 0 Å². The highest BCUT2D eigenvalue weighted by atomic mass is 16.5. The van der Waals surface area contributed by atoms with Crippen LogP contribution >= 0.6 is 0 Å². The third-order valence-corrected chi connectivity index (χ3v) is 4.16. The number of carbonyl (C=O) groups excluding carboxylic acids is 1. The van der Waals surface area contributed by atoms with Crippen LogP contribution < -0.4 is 5.73 Å². The number of amides is 1. The first-order chi connectivity index (χ1) is 12.0. The molecule has 1 fully saturated rings. The number of methoxy groups -OCH3 is 1. The second kappa shape index (κ2) is 7.20. The molecule has 0 spiro atoms. The third kappa shape index (κ3) is 3.64. The van der Waals surface area contributed by atoms with Gasteiger partial charge in [-0.2, -0.15) is 0 Å². The molecule has 1 aliphatic rings. The van der Waals surface area contributed by atoms with Gasteiger partial charge in [-0.3, -0.25) is 9.78 Å². The van der Waals surface area contributed by atoms with E-state index in [9.17, 15) is 4.79 Å². The third-order valence-electron chi connectivity index (χ3n) is 4.16. The molecule has 0 bridgehead atoms. The van der Waals surface area contributed by atoms with Gasteiger partial charge in [-0.25, -0.2) is 0 Å². The Kier molecular flexibility index (Phi) is 5.00. The molecule has 2 aromatic heterocycles. The topological polar surface area (TPSA) is 104 Å². The van der Waals surface area contributed by atoms with E-state index in [0.717, 1.165) is 11.4 Å². The van der Waals surface area contributed by atoms with E-state index in [-0.39, 0.29) is 24.3 Å².